The van der Waals surface area contributed by atoms with Crippen LogP contribution in [0.4, 0.5) is 17.1 Å². The number of fused-ring (bicyclic) bond motifs is 3. The average Bonchev–Trinajstić information content (AvgIpc) is 3.39. The molecule has 0 radical (unpaired) electrons. The van der Waals surface area contributed by atoms with Gasteiger partial charge in [0.1, 0.15) is 0 Å². The van der Waals surface area contributed by atoms with Crippen molar-refractivity contribution in [2.75, 3.05) is 4.90 Å². The second-order valence-corrected chi connectivity index (χ2v) is 10.6. The molecule has 2 nitrogen and oxygen atoms in total. The highest BCUT2D eigenvalue weighted by Crippen LogP contribution is 2.39. The van der Waals surface area contributed by atoms with E-state index >= 15 is 0 Å². The van der Waals surface area contributed by atoms with Gasteiger partial charge in [0.2, 0.25) is 0 Å². The van der Waals surface area contributed by atoms with Gasteiger partial charge in [-0.05, 0) is 83.8 Å². The lowest BCUT2D eigenvalue weighted by Crippen LogP contribution is -2.09. The molecule has 1 aromatic heterocycles. The molecule has 0 aliphatic carbocycles. The van der Waals surface area contributed by atoms with Gasteiger partial charge in [0.25, 0.3) is 0 Å². The van der Waals surface area contributed by atoms with E-state index in [1.165, 1.54) is 44.2 Å². The third kappa shape index (κ3) is 4.88. The molecule has 6 aromatic carbocycles. The first kappa shape index (κ1) is 25.6. The molecule has 0 fully saturated rings. The molecular formula is C40H32N2. The highest BCUT2D eigenvalue weighted by molar-refractivity contribution is 6.10. The first-order valence-corrected chi connectivity index (χ1v) is 14.6. The van der Waals surface area contributed by atoms with Gasteiger partial charge in [0, 0.05) is 33.5 Å². The van der Waals surface area contributed by atoms with E-state index in [4.69, 9.17) is 0 Å². The van der Waals surface area contributed by atoms with Gasteiger partial charge in [-0.25, -0.2) is 0 Å². The van der Waals surface area contributed by atoms with Crippen molar-refractivity contribution in [3.63, 3.8) is 0 Å². The maximum absolute atomic E-state index is 2.36. The Balaban J connectivity index is 1.30. The summed E-state index contributed by atoms with van der Waals surface area (Å²) in [5.41, 5.74) is 10.7. The number of hydrogen-bond acceptors (Lipinski definition) is 1. The second kappa shape index (κ2) is 11.3. The highest BCUT2D eigenvalue weighted by Gasteiger charge is 2.17. The summed E-state index contributed by atoms with van der Waals surface area (Å²) in [6, 6.07) is 54.3. The molecule has 0 aliphatic rings. The minimum atomic E-state index is 1.06. The predicted octanol–water partition coefficient (Wildman–Crippen LogP) is 11.0. The van der Waals surface area contributed by atoms with Crippen LogP contribution in [-0.2, 0) is 6.42 Å². The Labute approximate surface area is 247 Å². The van der Waals surface area contributed by atoms with Crippen molar-refractivity contribution in [3.05, 3.63) is 168 Å². The number of nitrogens with zero attached hydrogens (tertiary/aromatic N) is 2. The number of rotatable bonds is 7. The van der Waals surface area contributed by atoms with Gasteiger partial charge in [-0.1, -0.05) is 110 Å². The third-order valence-electron chi connectivity index (χ3n) is 7.95. The van der Waals surface area contributed by atoms with Crippen molar-refractivity contribution in [2.45, 2.75) is 13.3 Å². The maximum Gasteiger partial charge on any atom is 0.0542 e. The Kier molecular flexibility index (Phi) is 6.87. The molecule has 2 heteroatoms. The second-order valence-electron chi connectivity index (χ2n) is 10.6. The van der Waals surface area contributed by atoms with Crippen LogP contribution in [0.25, 0.3) is 39.6 Å². The molecule has 7 rings (SSSR count). The van der Waals surface area contributed by atoms with E-state index in [9.17, 15) is 0 Å². The molecule has 42 heavy (non-hydrogen) atoms. The lowest BCUT2D eigenvalue weighted by molar-refractivity contribution is 1.14. The van der Waals surface area contributed by atoms with Crippen molar-refractivity contribution in [1.82, 2.24) is 4.57 Å². The van der Waals surface area contributed by atoms with E-state index in [1.54, 1.807) is 0 Å². The van der Waals surface area contributed by atoms with Crippen LogP contribution >= 0.6 is 0 Å². The molecule has 0 aliphatic heterocycles. The van der Waals surface area contributed by atoms with Crippen LogP contribution in [0.3, 0.4) is 0 Å². The molecule has 0 atom stereocenters. The van der Waals surface area contributed by atoms with Gasteiger partial charge in [-0.3, -0.25) is 0 Å². The van der Waals surface area contributed by atoms with E-state index in [2.05, 4.69) is 180 Å². The van der Waals surface area contributed by atoms with Gasteiger partial charge in [-0.2, -0.15) is 0 Å². The maximum atomic E-state index is 2.36. The summed E-state index contributed by atoms with van der Waals surface area (Å²) in [6.07, 6.45) is 5.42. The van der Waals surface area contributed by atoms with Crippen LogP contribution in [0.5, 0.6) is 0 Å². The van der Waals surface area contributed by atoms with Gasteiger partial charge in [0.05, 0.1) is 11.0 Å². The molecule has 0 unspecified atom stereocenters. The van der Waals surface area contributed by atoms with Gasteiger partial charge in [0.15, 0.2) is 0 Å². The lowest BCUT2D eigenvalue weighted by atomic mass is 10.1. The molecule has 0 N–H and O–H groups in total. The molecule has 0 saturated carbocycles. The Hall–Kier alpha value is -5.34. The number of hydrogen-bond donors (Lipinski definition) is 0. The van der Waals surface area contributed by atoms with E-state index in [0.717, 1.165) is 23.5 Å². The van der Waals surface area contributed by atoms with Crippen molar-refractivity contribution in [3.8, 4) is 5.69 Å². The fraction of sp³-hybridized carbons (Fsp3) is 0.0500. The van der Waals surface area contributed by atoms with E-state index < -0.39 is 0 Å². The zero-order valence-electron chi connectivity index (χ0n) is 23.7. The summed E-state index contributed by atoms with van der Waals surface area (Å²) < 4.78 is 2.36. The minimum absolute atomic E-state index is 1.06. The van der Waals surface area contributed by atoms with Crippen LogP contribution in [0.1, 0.15) is 23.6 Å². The van der Waals surface area contributed by atoms with Gasteiger partial charge < -0.3 is 9.47 Å². The van der Waals surface area contributed by atoms with Crippen molar-refractivity contribution in [2.24, 2.45) is 0 Å². The molecule has 202 valence electrons. The first-order chi connectivity index (χ1) is 20.8. The highest BCUT2D eigenvalue weighted by atomic mass is 15.1. The quantitative estimate of drug-likeness (QED) is 0.183. The molecule has 1 heterocycles. The Morgan fingerprint density at radius 2 is 1.05 bits per heavy atom. The van der Waals surface area contributed by atoms with E-state index in [0.29, 0.717) is 0 Å². The molecular weight excluding hydrogens is 508 g/mol. The summed E-state index contributed by atoms with van der Waals surface area (Å²) in [7, 11) is 0. The predicted molar refractivity (Wildman–Crippen MR) is 180 cm³/mol. The number of para-hydroxylation sites is 3. The summed E-state index contributed by atoms with van der Waals surface area (Å²) in [4.78, 5) is 2.34. The monoisotopic (exact) mass is 540 g/mol. The van der Waals surface area contributed by atoms with Crippen LogP contribution in [0.2, 0.25) is 0 Å². The SMILES string of the molecule is CCc1ccc(C=Cc2ccc(N(c3ccccc3)c3ccc4c(c3)c3ccccc3n4-c3ccccc3)cc2)cc1. The fourth-order valence-electron chi connectivity index (χ4n) is 5.77. The molecule has 0 saturated heterocycles. The fourth-order valence-corrected chi connectivity index (χ4v) is 5.77. The number of benzene rings is 6. The van der Waals surface area contributed by atoms with E-state index in [1.807, 2.05) is 0 Å². The molecule has 0 bridgehead atoms. The summed E-state index contributed by atoms with van der Waals surface area (Å²) in [5.74, 6) is 0. The van der Waals surface area contributed by atoms with Crippen LogP contribution in [0, 0.1) is 0 Å². The Morgan fingerprint density at radius 1 is 0.500 bits per heavy atom. The minimum Gasteiger partial charge on any atom is -0.310 e. The van der Waals surface area contributed by atoms with Crippen LogP contribution in [0.15, 0.2) is 152 Å². The van der Waals surface area contributed by atoms with Crippen molar-refractivity contribution in [1.29, 1.82) is 0 Å². The molecule has 0 spiro atoms. The van der Waals surface area contributed by atoms with Gasteiger partial charge >= 0.3 is 0 Å². The Bertz CT molecular complexity index is 1980. The summed E-state index contributed by atoms with van der Waals surface area (Å²) in [6.45, 7) is 2.19. The van der Waals surface area contributed by atoms with Crippen LogP contribution < -0.4 is 4.90 Å². The lowest BCUT2D eigenvalue weighted by Gasteiger charge is -2.25. The number of aryl methyl sites for hydroxylation is 1. The normalized spacial score (nSPS) is 11.5. The Morgan fingerprint density at radius 3 is 1.74 bits per heavy atom. The average molecular weight is 541 g/mol. The van der Waals surface area contributed by atoms with Crippen molar-refractivity contribution < 1.29 is 0 Å². The van der Waals surface area contributed by atoms with Crippen LogP contribution in [-0.4, -0.2) is 4.57 Å². The first-order valence-electron chi connectivity index (χ1n) is 14.6. The number of aromatic nitrogens is 1. The van der Waals surface area contributed by atoms with E-state index in [-0.39, 0.29) is 0 Å². The summed E-state index contributed by atoms with van der Waals surface area (Å²) in [5, 5.41) is 2.49. The molecule has 0 amide bonds. The van der Waals surface area contributed by atoms with Crippen molar-refractivity contribution >= 4 is 51.0 Å². The third-order valence-corrected chi connectivity index (χ3v) is 7.95. The largest absolute Gasteiger partial charge is 0.310 e. The molecule has 7 aromatic rings. The number of anilines is 3. The zero-order valence-corrected chi connectivity index (χ0v) is 23.7. The van der Waals surface area contributed by atoms with Gasteiger partial charge in [-0.15, -0.1) is 0 Å². The topological polar surface area (TPSA) is 8.17 Å². The standard InChI is InChI=1S/C40H32N2/c1-2-30-17-19-31(20-18-30)21-22-32-23-25-35(26-24-32)41(33-11-5-3-6-12-33)36-27-28-40-38(29-36)37-15-9-10-16-39(37)42(40)34-13-7-4-8-14-34/h3-29H,2H2,1H3. The zero-order chi connectivity index (χ0) is 28.3. The smallest absolute Gasteiger partial charge is 0.0542 e. The summed E-state index contributed by atoms with van der Waals surface area (Å²) >= 11 is 0.